The highest BCUT2D eigenvalue weighted by molar-refractivity contribution is 5.20. The van der Waals surface area contributed by atoms with Gasteiger partial charge in [0.25, 0.3) is 0 Å². The number of aliphatic hydroxyl groups excluding tert-OH is 1. The number of hydrogen-bond donors (Lipinski definition) is 2. The van der Waals surface area contributed by atoms with Crippen LogP contribution < -0.4 is 0 Å². The molecular formula is C26H44O3. The Morgan fingerprint density at radius 1 is 1.17 bits per heavy atom. The zero-order chi connectivity index (χ0) is 20.6. The van der Waals surface area contributed by atoms with Crippen LogP contribution in [0.5, 0.6) is 0 Å². The molecule has 29 heavy (non-hydrogen) atoms. The van der Waals surface area contributed by atoms with Crippen LogP contribution in [0, 0.1) is 35.0 Å². The first-order valence-electron chi connectivity index (χ1n) is 12.5. The lowest BCUT2D eigenvalue weighted by atomic mass is 9.51. The van der Waals surface area contributed by atoms with E-state index >= 15 is 0 Å². The van der Waals surface area contributed by atoms with E-state index in [2.05, 4.69) is 19.9 Å². The SMILES string of the molecule is CCC(O)(CCCC1CCC2C3CC=C4CC(O)CCC4C3CCC12C)COC. The highest BCUT2D eigenvalue weighted by Gasteiger charge is 2.55. The summed E-state index contributed by atoms with van der Waals surface area (Å²) >= 11 is 0. The van der Waals surface area contributed by atoms with Gasteiger partial charge in [0.15, 0.2) is 0 Å². The molecule has 0 bridgehead atoms. The first kappa shape index (κ1) is 21.8. The number of allylic oxidation sites excluding steroid dienone is 1. The fourth-order valence-electron chi connectivity index (χ4n) is 8.13. The Balaban J connectivity index is 1.39. The highest BCUT2D eigenvalue weighted by Crippen LogP contribution is 2.64. The summed E-state index contributed by atoms with van der Waals surface area (Å²) in [5.74, 6) is 4.25. The first-order valence-corrected chi connectivity index (χ1v) is 12.5. The Morgan fingerprint density at radius 3 is 2.76 bits per heavy atom. The largest absolute Gasteiger partial charge is 0.393 e. The van der Waals surface area contributed by atoms with Gasteiger partial charge in [-0.15, -0.1) is 0 Å². The van der Waals surface area contributed by atoms with Gasteiger partial charge in [0.1, 0.15) is 0 Å². The zero-order valence-electron chi connectivity index (χ0n) is 19.0. The average molecular weight is 405 g/mol. The molecule has 3 heteroatoms. The molecule has 0 radical (unpaired) electrons. The van der Waals surface area contributed by atoms with Crippen molar-refractivity contribution in [2.24, 2.45) is 35.0 Å². The maximum absolute atomic E-state index is 10.7. The number of hydrogen-bond acceptors (Lipinski definition) is 3. The summed E-state index contributed by atoms with van der Waals surface area (Å²) in [5, 5.41) is 20.8. The lowest BCUT2D eigenvalue weighted by Gasteiger charge is -2.54. The summed E-state index contributed by atoms with van der Waals surface area (Å²) in [6.07, 6.45) is 16.5. The third-order valence-corrected chi connectivity index (χ3v) is 9.88. The lowest BCUT2D eigenvalue weighted by molar-refractivity contribution is -0.0456. The number of ether oxygens (including phenoxy) is 1. The molecule has 0 aliphatic heterocycles. The second-order valence-corrected chi connectivity index (χ2v) is 11.2. The van der Waals surface area contributed by atoms with Gasteiger partial charge in [0.2, 0.25) is 0 Å². The van der Waals surface area contributed by atoms with E-state index in [0.29, 0.717) is 12.0 Å². The molecule has 3 saturated carbocycles. The summed E-state index contributed by atoms with van der Waals surface area (Å²) in [4.78, 5) is 0. The minimum Gasteiger partial charge on any atom is -0.393 e. The molecule has 4 rings (SSSR count). The van der Waals surface area contributed by atoms with E-state index in [1.165, 1.54) is 44.9 Å². The highest BCUT2D eigenvalue weighted by atomic mass is 16.5. The monoisotopic (exact) mass is 404 g/mol. The molecule has 8 atom stereocenters. The van der Waals surface area contributed by atoms with Gasteiger partial charge in [0, 0.05) is 7.11 Å². The van der Waals surface area contributed by atoms with Crippen LogP contribution in [0.4, 0.5) is 0 Å². The molecule has 2 N–H and O–H groups in total. The van der Waals surface area contributed by atoms with Crippen molar-refractivity contribution in [2.75, 3.05) is 13.7 Å². The molecule has 166 valence electrons. The minimum absolute atomic E-state index is 0.0846. The Morgan fingerprint density at radius 2 is 2.00 bits per heavy atom. The van der Waals surface area contributed by atoms with Crippen LogP contribution in [0.1, 0.15) is 90.9 Å². The van der Waals surface area contributed by atoms with Crippen molar-refractivity contribution in [1.82, 2.24) is 0 Å². The van der Waals surface area contributed by atoms with Crippen molar-refractivity contribution in [3.05, 3.63) is 11.6 Å². The molecule has 0 saturated heterocycles. The normalized spacial score (nSPS) is 43.7. The van der Waals surface area contributed by atoms with Gasteiger partial charge in [-0.2, -0.15) is 0 Å². The molecule has 0 aromatic heterocycles. The summed E-state index contributed by atoms with van der Waals surface area (Å²) in [6, 6.07) is 0. The first-order chi connectivity index (χ1) is 13.9. The fourth-order valence-corrected chi connectivity index (χ4v) is 8.13. The molecule has 0 heterocycles. The molecule has 3 fully saturated rings. The van der Waals surface area contributed by atoms with Gasteiger partial charge in [-0.1, -0.05) is 31.9 Å². The van der Waals surface area contributed by atoms with Crippen LogP contribution in [0.25, 0.3) is 0 Å². The quantitative estimate of drug-likeness (QED) is 0.551. The Hall–Kier alpha value is -0.380. The predicted octanol–water partition coefficient (Wildman–Crippen LogP) is 5.49. The van der Waals surface area contributed by atoms with E-state index in [9.17, 15) is 10.2 Å². The van der Waals surface area contributed by atoms with Crippen molar-refractivity contribution in [3.8, 4) is 0 Å². The van der Waals surface area contributed by atoms with Crippen molar-refractivity contribution in [3.63, 3.8) is 0 Å². The second-order valence-electron chi connectivity index (χ2n) is 11.2. The number of rotatable bonds is 7. The fraction of sp³-hybridized carbons (Fsp3) is 0.923. The molecule has 4 aliphatic rings. The third kappa shape index (κ3) is 4.08. The summed E-state index contributed by atoms with van der Waals surface area (Å²) in [5.41, 5.74) is 1.47. The average Bonchev–Trinajstić information content (AvgIpc) is 3.04. The zero-order valence-corrected chi connectivity index (χ0v) is 19.0. The number of methoxy groups -OCH3 is 1. The lowest BCUT2D eigenvalue weighted by Crippen LogP contribution is -2.46. The smallest absolute Gasteiger partial charge is 0.0877 e. The van der Waals surface area contributed by atoms with Crippen molar-refractivity contribution in [1.29, 1.82) is 0 Å². The van der Waals surface area contributed by atoms with Crippen LogP contribution >= 0.6 is 0 Å². The molecule has 0 spiro atoms. The van der Waals surface area contributed by atoms with Crippen LogP contribution in [-0.2, 0) is 4.74 Å². The van der Waals surface area contributed by atoms with E-state index in [1.54, 1.807) is 12.7 Å². The molecule has 4 aliphatic carbocycles. The van der Waals surface area contributed by atoms with Gasteiger partial charge in [-0.25, -0.2) is 0 Å². The van der Waals surface area contributed by atoms with Gasteiger partial charge in [-0.05, 0) is 106 Å². The second kappa shape index (κ2) is 8.63. The number of fused-ring (bicyclic) bond motifs is 5. The van der Waals surface area contributed by atoms with Gasteiger partial charge < -0.3 is 14.9 Å². The summed E-state index contributed by atoms with van der Waals surface area (Å²) in [7, 11) is 1.69. The number of aliphatic hydroxyl groups is 2. The Labute approximate surface area is 178 Å². The Bertz CT molecular complexity index is 601. The molecule has 8 unspecified atom stereocenters. The predicted molar refractivity (Wildman–Crippen MR) is 118 cm³/mol. The van der Waals surface area contributed by atoms with Gasteiger partial charge in [0.05, 0.1) is 18.3 Å². The van der Waals surface area contributed by atoms with Crippen LogP contribution in [-0.4, -0.2) is 35.6 Å². The maximum Gasteiger partial charge on any atom is 0.0877 e. The van der Waals surface area contributed by atoms with Crippen LogP contribution in [0.15, 0.2) is 11.6 Å². The van der Waals surface area contributed by atoms with Gasteiger partial charge >= 0.3 is 0 Å². The summed E-state index contributed by atoms with van der Waals surface area (Å²) in [6.45, 7) is 5.14. The Kier molecular flexibility index (Phi) is 6.50. The molecule has 0 aromatic rings. The van der Waals surface area contributed by atoms with E-state index in [4.69, 9.17) is 4.74 Å². The molecule has 3 nitrogen and oxygen atoms in total. The van der Waals surface area contributed by atoms with Crippen molar-refractivity contribution < 1.29 is 14.9 Å². The van der Waals surface area contributed by atoms with Gasteiger partial charge in [-0.3, -0.25) is 0 Å². The van der Waals surface area contributed by atoms with E-state index < -0.39 is 5.60 Å². The van der Waals surface area contributed by atoms with Crippen molar-refractivity contribution in [2.45, 2.75) is 103 Å². The maximum atomic E-state index is 10.7. The molecule has 0 aromatic carbocycles. The van der Waals surface area contributed by atoms with E-state index in [0.717, 1.165) is 61.7 Å². The topological polar surface area (TPSA) is 49.7 Å². The van der Waals surface area contributed by atoms with E-state index in [-0.39, 0.29) is 6.10 Å². The minimum atomic E-state index is -0.637. The molecule has 0 amide bonds. The molecular weight excluding hydrogens is 360 g/mol. The van der Waals surface area contributed by atoms with Crippen LogP contribution in [0.3, 0.4) is 0 Å². The van der Waals surface area contributed by atoms with E-state index in [1.807, 2.05) is 0 Å². The summed E-state index contributed by atoms with van der Waals surface area (Å²) < 4.78 is 5.26. The van der Waals surface area contributed by atoms with Crippen molar-refractivity contribution >= 4 is 0 Å². The standard InChI is InChI=1S/C26H44O3/c1-4-26(28,17-29-3)14-5-6-19-8-12-24-23-10-7-18-16-20(27)9-11-21(18)22(23)13-15-25(19,24)2/h7,19-24,27-28H,4-6,8-17H2,1-3H3. The van der Waals surface area contributed by atoms with Crippen LogP contribution in [0.2, 0.25) is 0 Å². The third-order valence-electron chi connectivity index (χ3n) is 9.88.